The fraction of sp³-hybridized carbons (Fsp3) is 0.250. The first-order valence-electron chi connectivity index (χ1n) is 15.7. The van der Waals surface area contributed by atoms with E-state index in [1.807, 2.05) is 18.2 Å². The minimum Gasteiger partial charge on any atom is -0.0843 e. The summed E-state index contributed by atoms with van der Waals surface area (Å²) >= 11 is 34.7. The molecule has 0 atom stereocenters. The Morgan fingerprint density at radius 1 is 0.400 bits per heavy atom. The van der Waals surface area contributed by atoms with Gasteiger partial charge in [0, 0.05) is 31.2 Å². The molecular weight excluding hydrogens is 658 g/mol. The molecule has 5 heteroatoms. The van der Waals surface area contributed by atoms with E-state index in [2.05, 4.69) is 89.2 Å². The molecule has 0 aliphatic heterocycles. The van der Waals surface area contributed by atoms with Crippen LogP contribution in [-0.2, 0) is 32.1 Å². The summed E-state index contributed by atoms with van der Waals surface area (Å²) in [4.78, 5) is 0. The molecule has 0 nitrogen and oxygen atoms in total. The van der Waals surface area contributed by atoms with Crippen LogP contribution in [0.25, 0.3) is 44.5 Å². The molecule has 0 radical (unpaired) electrons. The summed E-state index contributed by atoms with van der Waals surface area (Å²) in [6, 6.07) is 24.9. The number of benzene rings is 5. The van der Waals surface area contributed by atoms with Gasteiger partial charge >= 0.3 is 0 Å². The summed E-state index contributed by atoms with van der Waals surface area (Å²) in [7, 11) is 0. The standard InChI is InChI=1S/C40H37Cl5/c1-6-23-13-15-30(42)22-33(23)39-38(32-17-16-29(41)20-25(32)8-3)31(10-5)36(28-12-11-24(7-2)35(44)21-28)37(40(39)45)27-14-18-34(43)26(9-4)19-27/h11-22H,6-10H2,1-5H3. The summed E-state index contributed by atoms with van der Waals surface area (Å²) in [5.41, 5.74) is 14.0. The van der Waals surface area contributed by atoms with Crippen molar-refractivity contribution in [3.8, 4) is 44.5 Å². The predicted molar refractivity (Wildman–Crippen MR) is 200 cm³/mol. The van der Waals surface area contributed by atoms with Gasteiger partial charge in [-0.3, -0.25) is 0 Å². The Hall–Kier alpha value is -2.45. The number of aryl methyl sites for hydroxylation is 4. The summed E-state index contributed by atoms with van der Waals surface area (Å²) in [5, 5.41) is 3.55. The molecule has 5 rings (SSSR count). The number of hydrogen-bond acceptors (Lipinski definition) is 0. The first-order chi connectivity index (χ1) is 21.7. The second-order valence-electron chi connectivity index (χ2n) is 11.3. The molecule has 0 unspecified atom stereocenters. The van der Waals surface area contributed by atoms with Crippen molar-refractivity contribution in [1.82, 2.24) is 0 Å². The predicted octanol–water partition coefficient (Wildman–Crippen LogP) is 14.4. The van der Waals surface area contributed by atoms with Gasteiger partial charge in [-0.25, -0.2) is 0 Å². The van der Waals surface area contributed by atoms with Crippen LogP contribution in [0.15, 0.2) is 72.8 Å². The Bertz CT molecular complexity index is 1890. The minimum atomic E-state index is 0.668. The normalized spacial score (nSPS) is 11.3. The van der Waals surface area contributed by atoms with Crippen LogP contribution < -0.4 is 0 Å². The molecule has 0 aliphatic carbocycles. The van der Waals surface area contributed by atoms with Crippen LogP contribution in [0.1, 0.15) is 62.4 Å². The van der Waals surface area contributed by atoms with Crippen molar-refractivity contribution in [2.24, 2.45) is 0 Å². The Morgan fingerprint density at radius 3 is 1.64 bits per heavy atom. The summed E-state index contributed by atoms with van der Waals surface area (Å²) in [5.74, 6) is 0. The summed E-state index contributed by atoms with van der Waals surface area (Å²) in [6.45, 7) is 10.8. The molecule has 0 aromatic heterocycles. The maximum Gasteiger partial charge on any atom is 0.0575 e. The Balaban J connectivity index is 2.08. The second-order valence-corrected chi connectivity index (χ2v) is 13.3. The van der Waals surface area contributed by atoms with E-state index in [-0.39, 0.29) is 0 Å². The molecule has 5 aromatic rings. The average Bonchev–Trinajstić information content (AvgIpc) is 3.04. The van der Waals surface area contributed by atoms with Gasteiger partial charge in [0.05, 0.1) is 5.02 Å². The molecule has 0 spiro atoms. The third-order valence-corrected chi connectivity index (χ3v) is 10.3. The summed E-state index contributed by atoms with van der Waals surface area (Å²) < 4.78 is 0. The van der Waals surface area contributed by atoms with Gasteiger partial charge in [0.25, 0.3) is 0 Å². The SMILES string of the molecule is CCc1ccc(-c2c(CC)c(-c3ccc(Cl)cc3CC)c(-c3cc(Cl)ccc3CC)c(Cl)c2-c2ccc(Cl)c(CC)c2)cc1Cl. The third kappa shape index (κ3) is 6.56. The van der Waals surface area contributed by atoms with Gasteiger partial charge in [-0.05, 0) is 136 Å². The highest BCUT2D eigenvalue weighted by atomic mass is 35.5. The lowest BCUT2D eigenvalue weighted by atomic mass is 9.78. The van der Waals surface area contributed by atoms with Crippen LogP contribution in [-0.4, -0.2) is 0 Å². The molecule has 0 fully saturated rings. The maximum absolute atomic E-state index is 7.82. The van der Waals surface area contributed by atoms with Crippen LogP contribution in [0, 0.1) is 0 Å². The van der Waals surface area contributed by atoms with Gasteiger partial charge < -0.3 is 0 Å². The molecule has 0 heterocycles. The zero-order chi connectivity index (χ0) is 32.4. The quantitative estimate of drug-likeness (QED) is 0.144. The smallest absolute Gasteiger partial charge is 0.0575 e. The average molecular weight is 695 g/mol. The Morgan fingerprint density at radius 2 is 1.00 bits per heavy atom. The highest BCUT2D eigenvalue weighted by Crippen LogP contribution is 2.53. The van der Waals surface area contributed by atoms with Crippen molar-refractivity contribution < 1.29 is 0 Å². The molecule has 0 aliphatic rings. The molecule has 0 amide bonds. The minimum absolute atomic E-state index is 0.668. The first-order valence-corrected chi connectivity index (χ1v) is 17.6. The van der Waals surface area contributed by atoms with E-state index in [4.69, 9.17) is 58.0 Å². The van der Waals surface area contributed by atoms with Crippen LogP contribution in [0.4, 0.5) is 0 Å². The molecule has 0 N–H and O–H groups in total. The maximum atomic E-state index is 7.82. The number of halogens is 5. The second kappa shape index (κ2) is 14.5. The van der Waals surface area contributed by atoms with Crippen molar-refractivity contribution in [1.29, 1.82) is 0 Å². The van der Waals surface area contributed by atoms with Gasteiger partial charge in [-0.2, -0.15) is 0 Å². The molecule has 232 valence electrons. The highest BCUT2D eigenvalue weighted by Gasteiger charge is 2.28. The summed E-state index contributed by atoms with van der Waals surface area (Å²) in [6.07, 6.45) is 4.07. The van der Waals surface area contributed by atoms with Gasteiger partial charge in [-0.1, -0.05) is 123 Å². The fourth-order valence-corrected chi connectivity index (χ4v) is 7.78. The van der Waals surface area contributed by atoms with Crippen LogP contribution in [0.5, 0.6) is 0 Å². The van der Waals surface area contributed by atoms with E-state index in [0.29, 0.717) is 15.1 Å². The van der Waals surface area contributed by atoms with E-state index in [1.54, 1.807) is 0 Å². The van der Waals surface area contributed by atoms with E-state index in [1.165, 1.54) is 11.1 Å². The number of rotatable bonds is 9. The fourth-order valence-electron chi connectivity index (χ4n) is 6.44. The van der Waals surface area contributed by atoms with Crippen molar-refractivity contribution in [2.45, 2.75) is 66.7 Å². The Kier molecular flexibility index (Phi) is 11.0. The monoisotopic (exact) mass is 692 g/mol. The molecule has 45 heavy (non-hydrogen) atoms. The zero-order valence-electron chi connectivity index (χ0n) is 26.4. The lowest BCUT2D eigenvalue weighted by molar-refractivity contribution is 1.11. The topological polar surface area (TPSA) is 0 Å². The van der Waals surface area contributed by atoms with Gasteiger partial charge in [-0.15, -0.1) is 0 Å². The van der Waals surface area contributed by atoms with Crippen LogP contribution >= 0.6 is 58.0 Å². The molecule has 5 aromatic carbocycles. The van der Waals surface area contributed by atoms with Crippen molar-refractivity contribution in [3.63, 3.8) is 0 Å². The van der Waals surface area contributed by atoms with Crippen LogP contribution in [0.3, 0.4) is 0 Å². The van der Waals surface area contributed by atoms with Crippen molar-refractivity contribution >= 4 is 58.0 Å². The van der Waals surface area contributed by atoms with Crippen molar-refractivity contribution in [2.75, 3.05) is 0 Å². The van der Waals surface area contributed by atoms with E-state index >= 15 is 0 Å². The lowest BCUT2D eigenvalue weighted by Gasteiger charge is -2.28. The first kappa shape index (κ1) is 33.9. The van der Waals surface area contributed by atoms with Crippen LogP contribution in [0.2, 0.25) is 25.1 Å². The Labute approximate surface area is 293 Å². The zero-order valence-corrected chi connectivity index (χ0v) is 30.1. The third-order valence-electron chi connectivity index (χ3n) is 8.77. The van der Waals surface area contributed by atoms with Gasteiger partial charge in [0.2, 0.25) is 0 Å². The molecule has 0 saturated heterocycles. The lowest BCUT2D eigenvalue weighted by Crippen LogP contribution is -2.04. The molecule has 0 saturated carbocycles. The van der Waals surface area contributed by atoms with E-state index in [9.17, 15) is 0 Å². The highest BCUT2D eigenvalue weighted by molar-refractivity contribution is 6.39. The van der Waals surface area contributed by atoms with Gasteiger partial charge in [0.1, 0.15) is 0 Å². The largest absolute Gasteiger partial charge is 0.0843 e. The van der Waals surface area contributed by atoms with E-state index in [0.717, 1.165) is 103 Å². The molecular formula is C40H37Cl5. The molecule has 0 bridgehead atoms. The van der Waals surface area contributed by atoms with E-state index < -0.39 is 0 Å². The number of hydrogen-bond donors (Lipinski definition) is 0. The van der Waals surface area contributed by atoms with Crippen molar-refractivity contribution in [3.05, 3.63) is 126 Å². The van der Waals surface area contributed by atoms with Gasteiger partial charge in [0.15, 0.2) is 0 Å².